The predicted octanol–water partition coefficient (Wildman–Crippen LogP) is 3.30. The Bertz CT molecular complexity index is 598. The Morgan fingerprint density at radius 1 is 1.36 bits per heavy atom. The highest BCUT2D eigenvalue weighted by molar-refractivity contribution is 7.99. The van der Waals surface area contributed by atoms with E-state index in [1.807, 2.05) is 42.1 Å². The standard InChI is InChI=1S/C16H20ClN3OS/c1-20-11-9-19-16(20)22-12-10-18-15(21)4-2-3-13-5-7-14(17)8-6-13/h5-9,11H,2-4,10,12H2,1H3,(H,18,21). The Morgan fingerprint density at radius 3 is 2.82 bits per heavy atom. The molecule has 0 aliphatic carbocycles. The summed E-state index contributed by atoms with van der Waals surface area (Å²) in [7, 11) is 1.96. The first-order chi connectivity index (χ1) is 10.6. The first-order valence-corrected chi connectivity index (χ1v) is 8.63. The lowest BCUT2D eigenvalue weighted by atomic mass is 10.1. The van der Waals surface area contributed by atoms with E-state index in [-0.39, 0.29) is 5.91 Å². The van der Waals surface area contributed by atoms with Crippen LogP contribution >= 0.6 is 23.4 Å². The van der Waals surface area contributed by atoms with Crippen LogP contribution in [0.3, 0.4) is 0 Å². The van der Waals surface area contributed by atoms with Gasteiger partial charge in [0.2, 0.25) is 5.91 Å². The minimum absolute atomic E-state index is 0.106. The molecule has 4 nitrogen and oxygen atoms in total. The molecule has 0 aliphatic rings. The van der Waals surface area contributed by atoms with Gasteiger partial charge < -0.3 is 9.88 Å². The van der Waals surface area contributed by atoms with Gasteiger partial charge in [-0.25, -0.2) is 4.98 Å². The summed E-state index contributed by atoms with van der Waals surface area (Å²) >= 11 is 7.48. The van der Waals surface area contributed by atoms with Crippen LogP contribution in [-0.4, -0.2) is 27.8 Å². The first-order valence-electron chi connectivity index (χ1n) is 7.26. The quantitative estimate of drug-likeness (QED) is 0.594. The molecule has 2 aromatic rings. The van der Waals surface area contributed by atoms with E-state index in [0.717, 1.165) is 28.8 Å². The SMILES string of the molecule is Cn1ccnc1SCCNC(=O)CCCc1ccc(Cl)cc1. The Morgan fingerprint density at radius 2 is 2.14 bits per heavy atom. The minimum Gasteiger partial charge on any atom is -0.355 e. The summed E-state index contributed by atoms with van der Waals surface area (Å²) in [5.41, 5.74) is 1.21. The molecule has 1 N–H and O–H groups in total. The van der Waals surface area contributed by atoms with Crippen molar-refractivity contribution < 1.29 is 4.79 Å². The van der Waals surface area contributed by atoms with Crippen molar-refractivity contribution in [3.05, 3.63) is 47.2 Å². The van der Waals surface area contributed by atoms with Crippen molar-refractivity contribution in [1.82, 2.24) is 14.9 Å². The van der Waals surface area contributed by atoms with E-state index < -0.39 is 0 Å². The van der Waals surface area contributed by atoms with E-state index in [0.29, 0.717) is 13.0 Å². The third-order valence-corrected chi connectivity index (χ3v) is 4.53. The van der Waals surface area contributed by atoms with Crippen molar-refractivity contribution in [1.29, 1.82) is 0 Å². The summed E-state index contributed by atoms with van der Waals surface area (Å²) in [4.78, 5) is 16.0. The Balaban J connectivity index is 1.56. The van der Waals surface area contributed by atoms with E-state index >= 15 is 0 Å². The van der Waals surface area contributed by atoms with E-state index in [9.17, 15) is 4.79 Å². The van der Waals surface area contributed by atoms with Gasteiger partial charge in [0, 0.05) is 43.2 Å². The molecule has 0 bridgehead atoms. The number of nitrogens with zero attached hydrogens (tertiary/aromatic N) is 2. The number of hydrogen-bond acceptors (Lipinski definition) is 3. The van der Waals surface area contributed by atoms with E-state index in [1.54, 1.807) is 18.0 Å². The molecule has 118 valence electrons. The Kier molecular flexibility index (Phi) is 6.80. The number of imidazole rings is 1. The molecule has 22 heavy (non-hydrogen) atoms. The van der Waals surface area contributed by atoms with Gasteiger partial charge in [0.25, 0.3) is 0 Å². The number of nitrogens with one attached hydrogen (secondary N) is 1. The number of aryl methyl sites for hydroxylation is 2. The van der Waals surface area contributed by atoms with E-state index in [4.69, 9.17) is 11.6 Å². The van der Waals surface area contributed by atoms with Crippen LogP contribution in [0.25, 0.3) is 0 Å². The molecule has 2 rings (SSSR count). The van der Waals surface area contributed by atoms with Gasteiger partial charge in [-0.1, -0.05) is 35.5 Å². The number of carbonyl (C=O) groups is 1. The highest BCUT2D eigenvalue weighted by Crippen LogP contribution is 2.13. The maximum absolute atomic E-state index is 11.8. The van der Waals surface area contributed by atoms with Crippen LogP contribution in [0.4, 0.5) is 0 Å². The third-order valence-electron chi connectivity index (χ3n) is 3.21. The molecule has 0 radical (unpaired) electrons. The summed E-state index contributed by atoms with van der Waals surface area (Å²) in [5.74, 6) is 0.933. The second-order valence-corrected chi connectivity index (χ2v) is 6.50. The molecule has 0 spiro atoms. The number of thioether (sulfide) groups is 1. The monoisotopic (exact) mass is 337 g/mol. The van der Waals surface area contributed by atoms with Crippen molar-refractivity contribution in [2.75, 3.05) is 12.3 Å². The molecule has 0 fully saturated rings. The number of benzene rings is 1. The molecule has 1 amide bonds. The maximum Gasteiger partial charge on any atom is 0.220 e. The zero-order chi connectivity index (χ0) is 15.8. The predicted molar refractivity (Wildman–Crippen MR) is 91.3 cm³/mol. The zero-order valence-corrected chi connectivity index (χ0v) is 14.2. The van der Waals surface area contributed by atoms with Gasteiger partial charge in [-0.05, 0) is 30.5 Å². The number of carbonyl (C=O) groups excluding carboxylic acids is 1. The third kappa shape index (κ3) is 5.73. The number of halogens is 1. The lowest BCUT2D eigenvalue weighted by Gasteiger charge is -2.05. The van der Waals surface area contributed by atoms with Gasteiger partial charge in [0.15, 0.2) is 5.16 Å². The zero-order valence-electron chi connectivity index (χ0n) is 12.6. The highest BCUT2D eigenvalue weighted by atomic mass is 35.5. The Hall–Kier alpha value is -1.46. The molecular weight excluding hydrogens is 318 g/mol. The first kappa shape index (κ1) is 16.9. The molecule has 0 unspecified atom stereocenters. The highest BCUT2D eigenvalue weighted by Gasteiger charge is 2.03. The molecule has 0 saturated carbocycles. The average molecular weight is 338 g/mol. The number of amides is 1. The van der Waals surface area contributed by atoms with Crippen molar-refractivity contribution in [2.45, 2.75) is 24.4 Å². The fourth-order valence-electron chi connectivity index (χ4n) is 2.02. The smallest absolute Gasteiger partial charge is 0.220 e. The molecule has 0 saturated heterocycles. The topological polar surface area (TPSA) is 46.9 Å². The lowest BCUT2D eigenvalue weighted by molar-refractivity contribution is -0.121. The molecule has 0 aliphatic heterocycles. The number of aromatic nitrogens is 2. The second kappa shape index (κ2) is 8.86. The molecular formula is C16H20ClN3OS. The van der Waals surface area contributed by atoms with Crippen LogP contribution in [0.5, 0.6) is 0 Å². The summed E-state index contributed by atoms with van der Waals surface area (Å²) < 4.78 is 1.97. The fourth-order valence-corrected chi connectivity index (χ4v) is 2.93. The maximum atomic E-state index is 11.8. The summed E-state index contributed by atoms with van der Waals surface area (Å²) in [6.07, 6.45) is 5.98. The van der Waals surface area contributed by atoms with Gasteiger partial charge in [-0.3, -0.25) is 4.79 Å². The van der Waals surface area contributed by atoms with Crippen LogP contribution in [0.2, 0.25) is 5.02 Å². The van der Waals surface area contributed by atoms with E-state index in [1.165, 1.54) is 5.56 Å². The summed E-state index contributed by atoms with van der Waals surface area (Å²) in [6.45, 7) is 0.664. The van der Waals surface area contributed by atoms with Crippen molar-refractivity contribution in [3.63, 3.8) is 0 Å². The van der Waals surface area contributed by atoms with Gasteiger partial charge in [-0.15, -0.1) is 0 Å². The molecule has 6 heteroatoms. The number of rotatable bonds is 8. The average Bonchev–Trinajstić information content (AvgIpc) is 2.91. The van der Waals surface area contributed by atoms with Crippen molar-refractivity contribution >= 4 is 29.3 Å². The van der Waals surface area contributed by atoms with Crippen molar-refractivity contribution in [2.24, 2.45) is 7.05 Å². The normalized spacial score (nSPS) is 10.6. The molecule has 1 aromatic carbocycles. The minimum atomic E-state index is 0.106. The van der Waals surface area contributed by atoms with Crippen LogP contribution < -0.4 is 5.32 Å². The number of hydrogen-bond donors (Lipinski definition) is 1. The summed E-state index contributed by atoms with van der Waals surface area (Å²) in [5, 5.41) is 4.65. The van der Waals surface area contributed by atoms with Crippen LogP contribution in [0.15, 0.2) is 41.8 Å². The molecule has 1 aromatic heterocycles. The van der Waals surface area contributed by atoms with Crippen LogP contribution in [0, 0.1) is 0 Å². The lowest BCUT2D eigenvalue weighted by Crippen LogP contribution is -2.25. The van der Waals surface area contributed by atoms with Gasteiger partial charge in [0.1, 0.15) is 0 Å². The van der Waals surface area contributed by atoms with Crippen LogP contribution in [-0.2, 0) is 18.3 Å². The van der Waals surface area contributed by atoms with Crippen LogP contribution in [0.1, 0.15) is 18.4 Å². The largest absolute Gasteiger partial charge is 0.355 e. The second-order valence-electron chi connectivity index (χ2n) is 5.00. The van der Waals surface area contributed by atoms with Gasteiger partial charge >= 0.3 is 0 Å². The van der Waals surface area contributed by atoms with Gasteiger partial charge in [-0.2, -0.15) is 0 Å². The molecule has 0 atom stereocenters. The summed E-state index contributed by atoms with van der Waals surface area (Å²) in [6, 6.07) is 7.77. The Labute approximate surface area is 140 Å². The van der Waals surface area contributed by atoms with E-state index in [2.05, 4.69) is 10.3 Å². The van der Waals surface area contributed by atoms with Gasteiger partial charge in [0.05, 0.1) is 0 Å². The fraction of sp³-hybridized carbons (Fsp3) is 0.375. The van der Waals surface area contributed by atoms with Crippen molar-refractivity contribution in [3.8, 4) is 0 Å². The molecule has 1 heterocycles.